The fourth-order valence-corrected chi connectivity index (χ4v) is 3.28. The Hall–Kier alpha value is -3.12. The normalized spacial score (nSPS) is 10.8. The first kappa shape index (κ1) is 20.6. The molecule has 1 amide bonds. The molecule has 0 fully saturated rings. The van der Waals surface area contributed by atoms with E-state index in [2.05, 4.69) is 17.2 Å². The number of carbonyl (C=O) groups is 1. The number of hydrogen-bond acceptors (Lipinski definition) is 5. The van der Waals surface area contributed by atoms with Crippen LogP contribution in [-0.4, -0.2) is 24.6 Å². The molecule has 6 heteroatoms. The van der Waals surface area contributed by atoms with Gasteiger partial charge in [-0.1, -0.05) is 25.5 Å². The Morgan fingerprint density at radius 2 is 1.83 bits per heavy atom. The third-order valence-electron chi connectivity index (χ3n) is 4.19. The Labute approximate surface area is 175 Å². The van der Waals surface area contributed by atoms with E-state index in [-0.39, 0.29) is 5.91 Å². The van der Waals surface area contributed by atoms with Gasteiger partial charge in [-0.3, -0.25) is 10.1 Å². The van der Waals surface area contributed by atoms with Crippen molar-refractivity contribution >= 4 is 28.5 Å². The van der Waals surface area contributed by atoms with Crippen molar-refractivity contribution in [2.24, 2.45) is 0 Å². The molecular weight excluding hydrogens is 384 g/mol. The molecule has 29 heavy (non-hydrogen) atoms. The Morgan fingerprint density at radius 1 is 1.10 bits per heavy atom. The summed E-state index contributed by atoms with van der Waals surface area (Å²) in [6.07, 6.45) is 5.40. The molecule has 0 saturated carbocycles. The average Bonchev–Trinajstić information content (AvgIpc) is 3.21. The maximum absolute atomic E-state index is 12.2. The number of carbonyl (C=O) groups excluding carboxylic acids is 1. The van der Waals surface area contributed by atoms with Gasteiger partial charge in [0.1, 0.15) is 11.5 Å². The van der Waals surface area contributed by atoms with Gasteiger partial charge in [-0.15, -0.1) is 11.3 Å². The molecule has 0 saturated heterocycles. The molecular formula is C23H24N2O3S. The standard InChI is InChI=1S/C23H24N2O3S/c1-3-4-15-28-20-12-8-18(9-13-20)21-16-29-23(24-21)25-22(26)14-7-17-5-10-19(27-2)11-6-17/h5-14,16H,3-4,15H2,1-2H3,(H,24,25,26)/b14-7+. The third kappa shape index (κ3) is 6.19. The lowest BCUT2D eigenvalue weighted by Crippen LogP contribution is -2.07. The molecule has 0 spiro atoms. The maximum Gasteiger partial charge on any atom is 0.250 e. The smallest absolute Gasteiger partial charge is 0.250 e. The minimum absolute atomic E-state index is 0.221. The highest BCUT2D eigenvalue weighted by molar-refractivity contribution is 7.14. The number of hydrogen-bond donors (Lipinski definition) is 1. The Kier molecular flexibility index (Phi) is 7.41. The van der Waals surface area contributed by atoms with Crippen LogP contribution in [0.2, 0.25) is 0 Å². The van der Waals surface area contributed by atoms with Gasteiger partial charge in [0.05, 0.1) is 19.4 Å². The predicted molar refractivity (Wildman–Crippen MR) is 119 cm³/mol. The van der Waals surface area contributed by atoms with Crippen LogP contribution >= 0.6 is 11.3 Å². The van der Waals surface area contributed by atoms with Crippen molar-refractivity contribution in [1.82, 2.24) is 4.98 Å². The van der Waals surface area contributed by atoms with E-state index in [9.17, 15) is 4.79 Å². The van der Waals surface area contributed by atoms with Gasteiger partial charge in [0.15, 0.2) is 5.13 Å². The number of thiazole rings is 1. The number of methoxy groups -OCH3 is 1. The third-order valence-corrected chi connectivity index (χ3v) is 4.95. The van der Waals surface area contributed by atoms with Gasteiger partial charge in [0.2, 0.25) is 5.91 Å². The Morgan fingerprint density at radius 3 is 2.52 bits per heavy atom. The molecule has 0 unspecified atom stereocenters. The summed E-state index contributed by atoms with van der Waals surface area (Å²) in [5, 5.41) is 5.29. The molecule has 0 atom stereocenters. The molecule has 0 radical (unpaired) electrons. The summed E-state index contributed by atoms with van der Waals surface area (Å²) in [6.45, 7) is 2.87. The highest BCUT2D eigenvalue weighted by Crippen LogP contribution is 2.26. The van der Waals surface area contributed by atoms with E-state index in [1.54, 1.807) is 13.2 Å². The highest BCUT2D eigenvalue weighted by atomic mass is 32.1. The largest absolute Gasteiger partial charge is 0.497 e. The first-order valence-corrected chi connectivity index (χ1v) is 10.4. The second-order valence-corrected chi connectivity index (χ2v) is 7.22. The number of nitrogens with zero attached hydrogens (tertiary/aromatic N) is 1. The second kappa shape index (κ2) is 10.4. The molecule has 5 nitrogen and oxygen atoms in total. The number of amides is 1. The predicted octanol–water partition coefficient (Wildman–Crippen LogP) is 5.65. The topological polar surface area (TPSA) is 60.5 Å². The maximum atomic E-state index is 12.2. The lowest BCUT2D eigenvalue weighted by atomic mass is 10.2. The lowest BCUT2D eigenvalue weighted by Gasteiger charge is -2.05. The average molecular weight is 409 g/mol. The highest BCUT2D eigenvalue weighted by Gasteiger charge is 2.07. The Bertz CT molecular complexity index is 947. The summed E-state index contributed by atoms with van der Waals surface area (Å²) in [4.78, 5) is 16.7. The van der Waals surface area contributed by atoms with Crippen LogP contribution in [0.4, 0.5) is 5.13 Å². The second-order valence-electron chi connectivity index (χ2n) is 6.36. The summed E-state index contributed by atoms with van der Waals surface area (Å²) in [5.74, 6) is 1.42. The van der Waals surface area contributed by atoms with Gasteiger partial charge in [-0.2, -0.15) is 0 Å². The van der Waals surface area contributed by atoms with Crippen molar-refractivity contribution < 1.29 is 14.3 Å². The first-order valence-electron chi connectivity index (χ1n) is 9.50. The van der Waals surface area contributed by atoms with Crippen LogP contribution in [0, 0.1) is 0 Å². The van der Waals surface area contributed by atoms with Crippen LogP contribution in [0.3, 0.4) is 0 Å². The summed E-state index contributed by atoms with van der Waals surface area (Å²) in [7, 11) is 1.62. The van der Waals surface area contributed by atoms with E-state index in [1.165, 1.54) is 17.4 Å². The van der Waals surface area contributed by atoms with Crippen LogP contribution in [0.15, 0.2) is 60.0 Å². The van der Waals surface area contributed by atoms with Crippen molar-refractivity contribution in [3.63, 3.8) is 0 Å². The van der Waals surface area contributed by atoms with Crippen LogP contribution in [0.25, 0.3) is 17.3 Å². The molecule has 150 valence electrons. The van der Waals surface area contributed by atoms with E-state index in [4.69, 9.17) is 9.47 Å². The monoisotopic (exact) mass is 408 g/mol. The molecule has 3 rings (SSSR count). The fraction of sp³-hybridized carbons (Fsp3) is 0.217. The number of rotatable bonds is 9. The SMILES string of the molecule is CCCCOc1ccc(-c2csc(NC(=O)/C=C/c3ccc(OC)cc3)n2)cc1. The number of aromatic nitrogens is 1. The molecule has 2 aromatic carbocycles. The van der Waals surface area contributed by atoms with E-state index < -0.39 is 0 Å². The van der Waals surface area contributed by atoms with Gasteiger partial charge in [-0.05, 0) is 54.5 Å². The number of anilines is 1. The van der Waals surface area contributed by atoms with Gasteiger partial charge < -0.3 is 9.47 Å². The summed E-state index contributed by atoms with van der Waals surface area (Å²) >= 11 is 1.40. The van der Waals surface area contributed by atoms with E-state index >= 15 is 0 Å². The van der Waals surface area contributed by atoms with Crippen molar-refractivity contribution in [1.29, 1.82) is 0 Å². The zero-order valence-electron chi connectivity index (χ0n) is 16.6. The number of unbranched alkanes of at least 4 members (excludes halogenated alkanes) is 1. The number of ether oxygens (including phenoxy) is 2. The van der Waals surface area contributed by atoms with E-state index in [0.717, 1.165) is 47.8 Å². The molecule has 0 aliphatic heterocycles. The minimum atomic E-state index is -0.221. The molecule has 1 heterocycles. The molecule has 0 aliphatic rings. The summed E-state index contributed by atoms with van der Waals surface area (Å²) in [5.41, 5.74) is 2.73. The minimum Gasteiger partial charge on any atom is -0.497 e. The van der Waals surface area contributed by atoms with E-state index in [1.807, 2.05) is 53.9 Å². The van der Waals surface area contributed by atoms with Crippen molar-refractivity contribution in [2.75, 3.05) is 19.0 Å². The van der Waals surface area contributed by atoms with Gasteiger partial charge in [0, 0.05) is 17.0 Å². The van der Waals surface area contributed by atoms with Crippen LogP contribution in [0.1, 0.15) is 25.3 Å². The van der Waals surface area contributed by atoms with Gasteiger partial charge >= 0.3 is 0 Å². The number of nitrogens with one attached hydrogen (secondary N) is 1. The molecule has 1 aromatic heterocycles. The molecule has 0 bridgehead atoms. The summed E-state index contributed by atoms with van der Waals surface area (Å²) < 4.78 is 10.8. The van der Waals surface area contributed by atoms with Crippen molar-refractivity contribution in [3.05, 3.63) is 65.6 Å². The van der Waals surface area contributed by atoms with E-state index in [0.29, 0.717) is 5.13 Å². The van der Waals surface area contributed by atoms with Crippen LogP contribution in [-0.2, 0) is 4.79 Å². The van der Waals surface area contributed by atoms with Gasteiger partial charge in [-0.25, -0.2) is 4.98 Å². The lowest BCUT2D eigenvalue weighted by molar-refractivity contribution is -0.111. The molecule has 3 aromatic rings. The molecule has 0 aliphatic carbocycles. The van der Waals surface area contributed by atoms with Crippen LogP contribution < -0.4 is 14.8 Å². The zero-order valence-corrected chi connectivity index (χ0v) is 17.4. The Balaban J connectivity index is 1.56. The quantitative estimate of drug-likeness (QED) is 0.367. The molecule has 1 N–H and O–H groups in total. The van der Waals surface area contributed by atoms with Crippen molar-refractivity contribution in [2.45, 2.75) is 19.8 Å². The fourth-order valence-electron chi connectivity index (χ4n) is 2.55. The van der Waals surface area contributed by atoms with Crippen LogP contribution in [0.5, 0.6) is 11.5 Å². The zero-order chi connectivity index (χ0) is 20.5. The first-order chi connectivity index (χ1) is 14.2. The number of benzene rings is 2. The van der Waals surface area contributed by atoms with Crippen molar-refractivity contribution in [3.8, 4) is 22.8 Å². The summed E-state index contributed by atoms with van der Waals surface area (Å²) in [6, 6.07) is 15.3. The van der Waals surface area contributed by atoms with Gasteiger partial charge in [0.25, 0.3) is 0 Å².